The number of esters is 1. The number of furan rings is 1. The molecule has 1 N–H and O–H groups in total. The summed E-state index contributed by atoms with van der Waals surface area (Å²) in [7, 11) is 1.32. The van der Waals surface area contributed by atoms with Crippen molar-refractivity contribution in [1.29, 1.82) is 0 Å². The Kier molecular flexibility index (Phi) is 4.08. The van der Waals surface area contributed by atoms with E-state index in [4.69, 9.17) is 4.42 Å². The highest BCUT2D eigenvalue weighted by molar-refractivity contribution is 7.09. The van der Waals surface area contributed by atoms with E-state index in [0.717, 1.165) is 11.0 Å². The number of nitrogens with one attached hydrogen (secondary N) is 1. The number of carbonyl (C=O) groups is 1. The molecular weight excluding hydrogens is 278 g/mol. The van der Waals surface area contributed by atoms with Crippen LogP contribution in [0.4, 0.5) is 5.13 Å². The van der Waals surface area contributed by atoms with Gasteiger partial charge in [-0.3, -0.25) is 0 Å². The number of ether oxygens (including phenoxy) is 1. The second-order valence-electron chi connectivity index (χ2n) is 5.28. The molecule has 6 nitrogen and oxygen atoms in total. The summed E-state index contributed by atoms with van der Waals surface area (Å²) in [5.41, 5.74) is -0.0703. The third-order valence-corrected chi connectivity index (χ3v) is 3.23. The molecule has 0 saturated heterocycles. The number of nitrogens with zero attached hydrogens (tertiary/aromatic N) is 2. The molecule has 108 valence electrons. The van der Waals surface area contributed by atoms with Crippen LogP contribution in [-0.2, 0) is 16.7 Å². The molecule has 0 saturated carbocycles. The normalized spacial score (nSPS) is 11.4. The van der Waals surface area contributed by atoms with Crippen LogP contribution in [0.15, 0.2) is 16.5 Å². The molecule has 0 radical (unpaired) electrons. The molecule has 2 aromatic heterocycles. The van der Waals surface area contributed by atoms with E-state index in [-0.39, 0.29) is 11.2 Å². The van der Waals surface area contributed by atoms with Gasteiger partial charge in [-0.2, -0.15) is 4.37 Å². The van der Waals surface area contributed by atoms with Gasteiger partial charge in [0.05, 0.1) is 13.7 Å². The van der Waals surface area contributed by atoms with Crippen molar-refractivity contribution in [3.63, 3.8) is 0 Å². The Hall–Kier alpha value is -1.89. The SMILES string of the molecule is COC(=O)c1ccc(CNc2nc(C(C)(C)C)ns2)o1. The molecule has 0 aliphatic carbocycles. The summed E-state index contributed by atoms with van der Waals surface area (Å²) in [4.78, 5) is 15.7. The number of rotatable bonds is 4. The van der Waals surface area contributed by atoms with Gasteiger partial charge < -0.3 is 14.5 Å². The second kappa shape index (κ2) is 5.62. The smallest absolute Gasteiger partial charge is 0.373 e. The van der Waals surface area contributed by atoms with Crippen molar-refractivity contribution in [2.24, 2.45) is 0 Å². The van der Waals surface area contributed by atoms with Crippen LogP contribution in [0.5, 0.6) is 0 Å². The lowest BCUT2D eigenvalue weighted by molar-refractivity contribution is 0.0563. The molecule has 20 heavy (non-hydrogen) atoms. The van der Waals surface area contributed by atoms with Crippen LogP contribution in [0.25, 0.3) is 0 Å². The third kappa shape index (κ3) is 3.36. The minimum atomic E-state index is -0.484. The highest BCUT2D eigenvalue weighted by atomic mass is 32.1. The Balaban J connectivity index is 1.97. The Bertz CT molecular complexity index is 598. The quantitative estimate of drug-likeness (QED) is 0.874. The second-order valence-corrected chi connectivity index (χ2v) is 6.04. The van der Waals surface area contributed by atoms with Gasteiger partial charge in [-0.1, -0.05) is 20.8 Å². The van der Waals surface area contributed by atoms with Crippen molar-refractivity contribution < 1.29 is 13.9 Å². The molecule has 0 bridgehead atoms. The van der Waals surface area contributed by atoms with Gasteiger partial charge in [0.2, 0.25) is 10.9 Å². The van der Waals surface area contributed by atoms with E-state index in [9.17, 15) is 4.79 Å². The van der Waals surface area contributed by atoms with Gasteiger partial charge in [0.15, 0.2) is 0 Å². The number of anilines is 1. The molecule has 0 aliphatic rings. The zero-order valence-electron chi connectivity index (χ0n) is 11.9. The van der Waals surface area contributed by atoms with E-state index in [0.29, 0.717) is 12.3 Å². The summed E-state index contributed by atoms with van der Waals surface area (Å²) < 4.78 is 14.2. The van der Waals surface area contributed by atoms with Crippen LogP contribution in [0.2, 0.25) is 0 Å². The Morgan fingerprint density at radius 3 is 2.80 bits per heavy atom. The summed E-state index contributed by atoms with van der Waals surface area (Å²) in [6.07, 6.45) is 0. The zero-order valence-corrected chi connectivity index (χ0v) is 12.7. The highest BCUT2D eigenvalue weighted by Gasteiger charge is 2.19. The van der Waals surface area contributed by atoms with E-state index in [1.54, 1.807) is 12.1 Å². The first-order valence-corrected chi connectivity index (χ1v) is 6.92. The molecule has 0 aliphatic heterocycles. The summed E-state index contributed by atoms with van der Waals surface area (Å²) in [5, 5.41) is 3.85. The highest BCUT2D eigenvalue weighted by Crippen LogP contribution is 2.23. The zero-order chi connectivity index (χ0) is 14.8. The summed E-state index contributed by atoms with van der Waals surface area (Å²) in [5.74, 6) is 1.15. The van der Waals surface area contributed by atoms with Crippen LogP contribution in [-0.4, -0.2) is 22.4 Å². The fraction of sp³-hybridized carbons (Fsp3) is 0.462. The lowest BCUT2D eigenvalue weighted by Gasteiger charge is -2.12. The Labute approximate surface area is 121 Å². The lowest BCUT2D eigenvalue weighted by atomic mass is 9.96. The number of methoxy groups -OCH3 is 1. The monoisotopic (exact) mass is 295 g/mol. The van der Waals surface area contributed by atoms with Gasteiger partial charge in [0.25, 0.3) is 0 Å². The largest absolute Gasteiger partial charge is 0.463 e. The van der Waals surface area contributed by atoms with Crippen molar-refractivity contribution in [3.8, 4) is 0 Å². The minimum absolute atomic E-state index is 0.0703. The minimum Gasteiger partial charge on any atom is -0.463 e. The van der Waals surface area contributed by atoms with Crippen LogP contribution in [0, 0.1) is 0 Å². The topological polar surface area (TPSA) is 77.2 Å². The average molecular weight is 295 g/mol. The first kappa shape index (κ1) is 14.5. The molecule has 0 aromatic carbocycles. The molecule has 0 spiro atoms. The maximum absolute atomic E-state index is 11.3. The van der Waals surface area contributed by atoms with Crippen LogP contribution in [0.3, 0.4) is 0 Å². The van der Waals surface area contributed by atoms with Crippen LogP contribution in [0.1, 0.15) is 42.9 Å². The van der Waals surface area contributed by atoms with E-state index >= 15 is 0 Å². The summed E-state index contributed by atoms with van der Waals surface area (Å²) in [6.45, 7) is 6.63. The molecule has 0 unspecified atom stereocenters. The van der Waals surface area contributed by atoms with Crippen molar-refractivity contribution >= 4 is 22.6 Å². The predicted molar refractivity (Wildman–Crippen MR) is 76.0 cm³/mol. The molecule has 0 fully saturated rings. The number of carbonyl (C=O) groups excluding carboxylic acids is 1. The molecule has 2 heterocycles. The summed E-state index contributed by atoms with van der Waals surface area (Å²) >= 11 is 1.31. The fourth-order valence-electron chi connectivity index (χ4n) is 1.45. The van der Waals surface area contributed by atoms with Gasteiger partial charge in [-0.15, -0.1) is 0 Å². The van der Waals surface area contributed by atoms with Gasteiger partial charge in [-0.05, 0) is 12.1 Å². The maximum Gasteiger partial charge on any atom is 0.373 e. The first-order chi connectivity index (χ1) is 9.40. The summed E-state index contributed by atoms with van der Waals surface area (Å²) in [6, 6.07) is 3.31. The third-order valence-electron chi connectivity index (χ3n) is 2.56. The standard InChI is InChI=1S/C13H17N3O3S/c1-13(2,3)11-15-12(20-16-11)14-7-8-5-6-9(19-8)10(17)18-4/h5-6H,7H2,1-4H3,(H,14,15,16). The number of hydrogen-bond acceptors (Lipinski definition) is 7. The molecular formula is C13H17N3O3S. The fourth-order valence-corrected chi connectivity index (χ4v) is 2.20. The van der Waals surface area contributed by atoms with Gasteiger partial charge in [0, 0.05) is 16.9 Å². The predicted octanol–water partition coefficient (Wildman–Crippen LogP) is 2.83. The average Bonchev–Trinajstić information content (AvgIpc) is 3.03. The van der Waals surface area contributed by atoms with Gasteiger partial charge in [-0.25, -0.2) is 9.78 Å². The Morgan fingerprint density at radius 1 is 1.45 bits per heavy atom. The van der Waals surface area contributed by atoms with Gasteiger partial charge in [0.1, 0.15) is 11.6 Å². The van der Waals surface area contributed by atoms with E-state index < -0.39 is 5.97 Å². The van der Waals surface area contributed by atoms with Crippen LogP contribution >= 0.6 is 11.5 Å². The first-order valence-electron chi connectivity index (χ1n) is 6.15. The van der Waals surface area contributed by atoms with Crippen molar-refractivity contribution in [3.05, 3.63) is 29.5 Å². The lowest BCUT2D eigenvalue weighted by Crippen LogP contribution is -2.13. The van der Waals surface area contributed by atoms with Crippen molar-refractivity contribution in [1.82, 2.24) is 9.36 Å². The maximum atomic E-state index is 11.3. The molecule has 7 heteroatoms. The van der Waals surface area contributed by atoms with E-state index in [1.165, 1.54) is 18.6 Å². The van der Waals surface area contributed by atoms with Crippen LogP contribution < -0.4 is 5.32 Å². The van der Waals surface area contributed by atoms with Gasteiger partial charge >= 0.3 is 5.97 Å². The molecule has 2 rings (SSSR count). The Morgan fingerprint density at radius 2 is 2.20 bits per heavy atom. The molecule has 0 amide bonds. The van der Waals surface area contributed by atoms with E-state index in [2.05, 4.69) is 40.2 Å². The van der Waals surface area contributed by atoms with Crippen molar-refractivity contribution in [2.45, 2.75) is 32.7 Å². The van der Waals surface area contributed by atoms with E-state index in [1.807, 2.05) is 0 Å². The van der Waals surface area contributed by atoms with Crippen molar-refractivity contribution in [2.75, 3.05) is 12.4 Å². The number of hydrogen-bond donors (Lipinski definition) is 1. The molecule has 2 aromatic rings. The number of aromatic nitrogens is 2. The molecule has 0 atom stereocenters.